The molecule has 2 heterocycles. The maximum Gasteiger partial charge on any atom is 0.191 e. The monoisotopic (exact) mass is 573 g/mol. The molecule has 34 heavy (non-hydrogen) atoms. The van der Waals surface area contributed by atoms with E-state index >= 15 is 0 Å². The zero-order valence-corrected chi connectivity index (χ0v) is 22.3. The minimum Gasteiger partial charge on any atom is -0.369 e. The Bertz CT molecular complexity index is 983. The van der Waals surface area contributed by atoms with Gasteiger partial charge in [-0.25, -0.2) is 0 Å². The van der Waals surface area contributed by atoms with Crippen molar-refractivity contribution in [2.24, 2.45) is 4.99 Å². The molecule has 3 aromatic rings. The molecule has 2 aromatic carbocycles. The highest BCUT2D eigenvalue weighted by molar-refractivity contribution is 14.0. The Labute approximate surface area is 220 Å². The third-order valence-electron chi connectivity index (χ3n) is 6.09. The number of piperazine rings is 1. The van der Waals surface area contributed by atoms with Crippen molar-refractivity contribution >= 4 is 35.6 Å². The summed E-state index contributed by atoms with van der Waals surface area (Å²) in [6.45, 7) is 7.80. The van der Waals surface area contributed by atoms with Crippen molar-refractivity contribution in [1.29, 1.82) is 0 Å². The molecule has 0 saturated carbocycles. The quantitative estimate of drug-likeness (QED) is 0.178. The van der Waals surface area contributed by atoms with E-state index < -0.39 is 0 Å². The molecule has 0 unspecified atom stereocenters. The van der Waals surface area contributed by atoms with Crippen LogP contribution in [0.1, 0.15) is 17.5 Å². The fourth-order valence-corrected chi connectivity index (χ4v) is 4.21. The number of halogens is 1. The van der Waals surface area contributed by atoms with Crippen molar-refractivity contribution in [2.45, 2.75) is 26.1 Å². The Balaban J connectivity index is 0.00000324. The number of nitrogens with zero attached hydrogens (tertiary/aromatic N) is 5. The van der Waals surface area contributed by atoms with Crippen LogP contribution < -0.4 is 15.5 Å². The van der Waals surface area contributed by atoms with E-state index in [-0.39, 0.29) is 24.0 Å². The number of benzene rings is 2. The normalized spacial score (nSPS) is 14.5. The minimum absolute atomic E-state index is 0. The van der Waals surface area contributed by atoms with Crippen LogP contribution >= 0.6 is 24.0 Å². The maximum atomic E-state index is 4.38. The van der Waals surface area contributed by atoms with Crippen LogP contribution in [0, 0.1) is 0 Å². The average Bonchev–Trinajstić information content (AvgIpc) is 3.39. The second-order valence-electron chi connectivity index (χ2n) is 8.34. The van der Waals surface area contributed by atoms with Crippen LogP contribution in [-0.4, -0.2) is 60.4 Å². The summed E-state index contributed by atoms with van der Waals surface area (Å²) in [6.07, 6.45) is 4.80. The first-order chi connectivity index (χ1) is 16.3. The average molecular weight is 574 g/mol. The third-order valence-corrected chi connectivity index (χ3v) is 6.09. The topological polar surface area (TPSA) is 60.7 Å². The fourth-order valence-electron chi connectivity index (χ4n) is 4.21. The van der Waals surface area contributed by atoms with Crippen LogP contribution in [0.2, 0.25) is 0 Å². The smallest absolute Gasteiger partial charge is 0.191 e. The van der Waals surface area contributed by atoms with Gasteiger partial charge >= 0.3 is 0 Å². The van der Waals surface area contributed by atoms with Crippen molar-refractivity contribution in [3.63, 3.8) is 0 Å². The van der Waals surface area contributed by atoms with E-state index in [2.05, 4.69) is 85.1 Å². The molecule has 0 atom stereocenters. The van der Waals surface area contributed by atoms with Crippen LogP contribution in [0.15, 0.2) is 78.0 Å². The molecular weight excluding hydrogens is 537 g/mol. The van der Waals surface area contributed by atoms with E-state index in [4.69, 9.17) is 0 Å². The first-order valence-corrected chi connectivity index (χ1v) is 11.8. The molecule has 4 rings (SSSR count). The lowest BCUT2D eigenvalue weighted by Gasteiger charge is -2.36. The van der Waals surface area contributed by atoms with Gasteiger partial charge in [0.05, 0.1) is 0 Å². The largest absolute Gasteiger partial charge is 0.369 e. The number of hydrogen-bond acceptors (Lipinski definition) is 4. The molecule has 0 aliphatic carbocycles. The summed E-state index contributed by atoms with van der Waals surface area (Å²) in [5, 5.41) is 11.1. The van der Waals surface area contributed by atoms with Gasteiger partial charge in [-0.05, 0) is 35.7 Å². The third kappa shape index (κ3) is 7.73. The molecular formula is C26H36IN7. The minimum atomic E-state index is 0. The van der Waals surface area contributed by atoms with Crippen LogP contribution in [-0.2, 0) is 19.6 Å². The van der Waals surface area contributed by atoms with E-state index in [9.17, 15) is 0 Å². The molecule has 182 valence electrons. The molecule has 0 amide bonds. The Hall–Kier alpha value is -2.59. The molecule has 1 aliphatic rings. The molecule has 0 bridgehead atoms. The lowest BCUT2D eigenvalue weighted by molar-refractivity contribution is 0.249. The number of aliphatic imine (C=N–C) groups is 1. The van der Waals surface area contributed by atoms with Gasteiger partial charge in [0.1, 0.15) is 0 Å². The molecule has 0 radical (unpaired) electrons. The van der Waals surface area contributed by atoms with Crippen molar-refractivity contribution in [1.82, 2.24) is 25.3 Å². The van der Waals surface area contributed by atoms with Gasteiger partial charge in [0.15, 0.2) is 5.96 Å². The van der Waals surface area contributed by atoms with Gasteiger partial charge in [-0.15, -0.1) is 24.0 Å². The van der Waals surface area contributed by atoms with Gasteiger partial charge in [0, 0.05) is 77.5 Å². The number of guanidine groups is 1. The molecule has 8 heteroatoms. The van der Waals surface area contributed by atoms with Crippen LogP contribution in [0.25, 0.3) is 0 Å². The Morgan fingerprint density at radius 2 is 1.65 bits per heavy atom. The number of anilines is 1. The Morgan fingerprint density at radius 1 is 0.912 bits per heavy atom. The molecule has 1 fully saturated rings. The highest BCUT2D eigenvalue weighted by atomic mass is 127. The predicted molar refractivity (Wildman–Crippen MR) is 151 cm³/mol. The molecule has 7 nitrogen and oxygen atoms in total. The summed E-state index contributed by atoms with van der Waals surface area (Å²) in [7, 11) is 1.82. The number of aromatic nitrogens is 2. The standard InChI is InChI=1S/C26H35N7.HI/c1-27-26(28-13-7-15-33-16-8-14-30-33)29-21-23-9-5-6-10-24(23)22-31-17-19-32(20-18-31)25-11-3-2-4-12-25;/h2-6,8-12,14,16H,7,13,15,17-22H2,1H3,(H2,27,28,29);1H. The number of aryl methyl sites for hydroxylation is 1. The Morgan fingerprint density at radius 3 is 2.35 bits per heavy atom. The van der Waals surface area contributed by atoms with Crippen molar-refractivity contribution in [3.05, 3.63) is 84.2 Å². The fraction of sp³-hybridized carbons (Fsp3) is 0.385. The van der Waals surface area contributed by atoms with Crippen molar-refractivity contribution < 1.29 is 0 Å². The number of hydrogen-bond donors (Lipinski definition) is 2. The summed E-state index contributed by atoms with van der Waals surface area (Å²) in [4.78, 5) is 9.41. The van der Waals surface area contributed by atoms with E-state index in [1.807, 2.05) is 30.2 Å². The van der Waals surface area contributed by atoms with Crippen LogP contribution in [0.3, 0.4) is 0 Å². The second-order valence-corrected chi connectivity index (χ2v) is 8.34. The lowest BCUT2D eigenvalue weighted by atomic mass is 10.1. The first-order valence-electron chi connectivity index (χ1n) is 11.8. The zero-order chi connectivity index (χ0) is 22.7. The van der Waals surface area contributed by atoms with Gasteiger partial charge < -0.3 is 15.5 Å². The lowest BCUT2D eigenvalue weighted by Crippen LogP contribution is -2.46. The molecule has 2 N–H and O–H groups in total. The van der Waals surface area contributed by atoms with Crippen molar-refractivity contribution in [2.75, 3.05) is 44.7 Å². The highest BCUT2D eigenvalue weighted by Gasteiger charge is 2.18. The van der Waals surface area contributed by atoms with Crippen LogP contribution in [0.5, 0.6) is 0 Å². The van der Waals surface area contributed by atoms with E-state index in [1.54, 1.807) is 0 Å². The molecule has 1 saturated heterocycles. The zero-order valence-electron chi connectivity index (χ0n) is 19.9. The van der Waals surface area contributed by atoms with Crippen LogP contribution in [0.4, 0.5) is 5.69 Å². The first kappa shape index (κ1) is 26.0. The predicted octanol–water partition coefficient (Wildman–Crippen LogP) is 3.58. The Kier molecular flexibility index (Phi) is 10.7. The van der Waals surface area contributed by atoms with Gasteiger partial charge in [-0.2, -0.15) is 5.10 Å². The van der Waals surface area contributed by atoms with Gasteiger partial charge in [-0.3, -0.25) is 14.6 Å². The van der Waals surface area contributed by atoms with Gasteiger partial charge in [-0.1, -0.05) is 42.5 Å². The van der Waals surface area contributed by atoms with E-state index in [0.29, 0.717) is 0 Å². The highest BCUT2D eigenvalue weighted by Crippen LogP contribution is 2.18. The molecule has 0 spiro atoms. The van der Waals surface area contributed by atoms with Gasteiger partial charge in [0.25, 0.3) is 0 Å². The van der Waals surface area contributed by atoms with E-state index in [0.717, 1.165) is 64.7 Å². The van der Waals surface area contributed by atoms with Gasteiger partial charge in [0.2, 0.25) is 0 Å². The number of rotatable bonds is 9. The molecule has 1 aliphatic heterocycles. The summed E-state index contributed by atoms with van der Waals surface area (Å²) in [5.41, 5.74) is 4.03. The number of nitrogens with one attached hydrogen (secondary N) is 2. The maximum absolute atomic E-state index is 4.38. The van der Waals surface area contributed by atoms with E-state index in [1.165, 1.54) is 16.8 Å². The number of para-hydroxylation sites is 1. The van der Waals surface area contributed by atoms with Crippen molar-refractivity contribution in [3.8, 4) is 0 Å². The SMILES string of the molecule is CN=C(NCCCn1cccn1)NCc1ccccc1CN1CCN(c2ccccc2)CC1.I. The summed E-state index contributed by atoms with van der Waals surface area (Å²) >= 11 is 0. The molecule has 1 aromatic heterocycles. The summed E-state index contributed by atoms with van der Waals surface area (Å²) in [5.74, 6) is 0.835. The second kappa shape index (κ2) is 14.0. The summed E-state index contributed by atoms with van der Waals surface area (Å²) < 4.78 is 1.95. The summed E-state index contributed by atoms with van der Waals surface area (Å²) in [6, 6.07) is 21.4.